The fourth-order valence-electron chi connectivity index (χ4n) is 4.24. The Kier molecular flexibility index (Phi) is 4.31. The molecule has 5 nitrogen and oxygen atoms in total. The third-order valence-corrected chi connectivity index (χ3v) is 5.78. The lowest BCUT2D eigenvalue weighted by Crippen LogP contribution is -2.41. The summed E-state index contributed by atoms with van der Waals surface area (Å²) in [4.78, 5) is 22.7. The summed E-state index contributed by atoms with van der Waals surface area (Å²) in [6.45, 7) is 0.316. The van der Waals surface area contributed by atoms with Gasteiger partial charge in [0.2, 0.25) is 5.91 Å². The summed E-state index contributed by atoms with van der Waals surface area (Å²) in [6, 6.07) is 7.25. The fraction of sp³-hybridized carbons (Fsp3) is 0.333. The van der Waals surface area contributed by atoms with Crippen molar-refractivity contribution in [3.05, 3.63) is 65.7 Å². The zero-order chi connectivity index (χ0) is 20.1. The summed E-state index contributed by atoms with van der Waals surface area (Å²) < 4.78 is 42.7. The number of hydrogen-bond acceptors (Lipinski definition) is 3. The van der Waals surface area contributed by atoms with E-state index in [1.54, 1.807) is 12.4 Å². The fourth-order valence-corrected chi connectivity index (χ4v) is 4.24. The number of rotatable bonds is 3. The normalized spacial score (nSPS) is 24.1. The van der Waals surface area contributed by atoms with Crippen LogP contribution in [-0.2, 0) is 9.63 Å². The van der Waals surface area contributed by atoms with E-state index in [0.29, 0.717) is 42.5 Å². The Morgan fingerprint density at radius 3 is 2.55 bits per heavy atom. The van der Waals surface area contributed by atoms with Crippen LogP contribution in [0.15, 0.2) is 42.7 Å². The first kappa shape index (κ1) is 18.2. The van der Waals surface area contributed by atoms with Crippen molar-refractivity contribution in [2.75, 3.05) is 6.61 Å². The van der Waals surface area contributed by atoms with Gasteiger partial charge < -0.3 is 4.57 Å². The first-order chi connectivity index (χ1) is 14.0. The molecule has 1 aliphatic carbocycles. The molecule has 3 aromatic rings. The number of benzene rings is 2. The zero-order valence-electron chi connectivity index (χ0n) is 15.4. The van der Waals surface area contributed by atoms with Gasteiger partial charge in [0.05, 0.1) is 30.0 Å². The van der Waals surface area contributed by atoms with Crippen molar-refractivity contribution in [2.24, 2.45) is 5.92 Å². The van der Waals surface area contributed by atoms with Crippen LogP contribution in [0.3, 0.4) is 0 Å². The Labute approximate surface area is 164 Å². The molecule has 1 atom stereocenters. The molecule has 0 spiro atoms. The summed E-state index contributed by atoms with van der Waals surface area (Å²) in [5, 5.41) is 1.26. The summed E-state index contributed by atoms with van der Waals surface area (Å²) in [5.41, 5.74) is 1.80. The molecule has 0 N–H and O–H groups in total. The molecule has 2 heterocycles. The second-order valence-electron chi connectivity index (χ2n) is 7.61. The van der Waals surface area contributed by atoms with Gasteiger partial charge in [0.25, 0.3) is 0 Å². The Morgan fingerprint density at radius 1 is 1.03 bits per heavy atom. The lowest BCUT2D eigenvalue weighted by Gasteiger charge is -2.38. The molecular weight excluding hydrogens is 383 g/mol. The van der Waals surface area contributed by atoms with Gasteiger partial charge in [-0.2, -0.15) is 0 Å². The maximum atomic E-state index is 13.6. The highest BCUT2D eigenvalue weighted by Crippen LogP contribution is 2.43. The molecule has 0 unspecified atom stereocenters. The topological polar surface area (TPSA) is 47.4 Å². The Bertz CT molecular complexity index is 1070. The van der Waals surface area contributed by atoms with Gasteiger partial charge >= 0.3 is 0 Å². The average Bonchev–Trinajstić information content (AvgIpc) is 3.27. The van der Waals surface area contributed by atoms with Crippen LogP contribution >= 0.6 is 0 Å². The maximum absolute atomic E-state index is 13.6. The molecule has 1 aliphatic heterocycles. The van der Waals surface area contributed by atoms with Crippen LogP contribution in [0.25, 0.3) is 11.0 Å². The first-order valence-corrected chi connectivity index (χ1v) is 9.53. The average molecular weight is 401 g/mol. The van der Waals surface area contributed by atoms with Gasteiger partial charge in [-0.3, -0.25) is 9.63 Å². The third kappa shape index (κ3) is 3.17. The van der Waals surface area contributed by atoms with Gasteiger partial charge in [0, 0.05) is 24.4 Å². The number of nitrogens with zero attached hydrogens (tertiary/aromatic N) is 3. The molecule has 1 amide bonds. The van der Waals surface area contributed by atoms with Crippen molar-refractivity contribution < 1.29 is 22.8 Å². The van der Waals surface area contributed by atoms with E-state index in [4.69, 9.17) is 4.84 Å². The summed E-state index contributed by atoms with van der Waals surface area (Å²) >= 11 is 0. The number of carbonyl (C=O) groups excluding carboxylic acids is 1. The second-order valence-corrected chi connectivity index (χ2v) is 7.61. The monoisotopic (exact) mass is 401 g/mol. The van der Waals surface area contributed by atoms with Gasteiger partial charge in [-0.05, 0) is 48.7 Å². The number of hydroxylamine groups is 2. The Hall–Kier alpha value is -2.87. The molecule has 2 fully saturated rings. The lowest BCUT2D eigenvalue weighted by atomic mass is 9.79. The minimum Gasteiger partial charge on any atom is -0.327 e. The highest BCUT2D eigenvalue weighted by molar-refractivity contribution is 5.80. The molecule has 1 saturated carbocycles. The highest BCUT2D eigenvalue weighted by Gasteiger charge is 2.42. The van der Waals surface area contributed by atoms with Crippen LogP contribution in [-0.4, -0.2) is 27.1 Å². The minimum absolute atomic E-state index is 0.0448. The minimum atomic E-state index is -0.678. The van der Waals surface area contributed by atoms with Crippen molar-refractivity contribution in [1.29, 1.82) is 0 Å². The summed E-state index contributed by atoms with van der Waals surface area (Å²) in [6.07, 6.45) is 3.30. The Morgan fingerprint density at radius 2 is 1.79 bits per heavy atom. The van der Waals surface area contributed by atoms with Gasteiger partial charge in [0.15, 0.2) is 0 Å². The maximum Gasteiger partial charge on any atom is 0.249 e. The number of carbonyl (C=O) groups is 1. The van der Waals surface area contributed by atoms with Gasteiger partial charge in [-0.15, -0.1) is 0 Å². The number of halogens is 3. The van der Waals surface area contributed by atoms with E-state index in [0.717, 1.165) is 6.07 Å². The lowest BCUT2D eigenvalue weighted by molar-refractivity contribution is -0.185. The van der Waals surface area contributed by atoms with Crippen LogP contribution in [0.4, 0.5) is 13.2 Å². The van der Waals surface area contributed by atoms with Crippen molar-refractivity contribution in [3.8, 4) is 0 Å². The molecular formula is C21H18F3N3O2. The standard InChI is InChI=1S/C21H18F3N3O2/c22-14-1-2-18-20(10-14)26(11-25-18)17-7-13(8-17)21(28)27-19(3-4-29-27)12-5-15(23)9-16(24)6-12/h1-2,5-6,9-11,13,17,19H,3-4,7-8H2/t13-,17+,19-/m0/s1. The van der Waals surface area contributed by atoms with Crippen molar-refractivity contribution in [1.82, 2.24) is 14.6 Å². The van der Waals surface area contributed by atoms with Crippen molar-refractivity contribution in [2.45, 2.75) is 31.3 Å². The molecule has 8 heteroatoms. The van der Waals surface area contributed by atoms with Gasteiger partial charge in [0.1, 0.15) is 17.5 Å². The van der Waals surface area contributed by atoms with E-state index < -0.39 is 17.7 Å². The quantitative estimate of drug-likeness (QED) is 0.657. The summed E-state index contributed by atoms with van der Waals surface area (Å²) in [5.74, 6) is -2.14. The third-order valence-electron chi connectivity index (χ3n) is 5.78. The first-order valence-electron chi connectivity index (χ1n) is 9.53. The van der Waals surface area contributed by atoms with Crippen LogP contribution in [0, 0.1) is 23.4 Å². The van der Waals surface area contributed by atoms with E-state index in [1.807, 2.05) is 4.57 Å². The number of imidazole rings is 1. The van der Waals surface area contributed by atoms with Crippen LogP contribution in [0.2, 0.25) is 0 Å². The number of aromatic nitrogens is 2. The molecule has 150 valence electrons. The van der Waals surface area contributed by atoms with Gasteiger partial charge in [-0.25, -0.2) is 23.2 Å². The smallest absolute Gasteiger partial charge is 0.249 e. The van der Waals surface area contributed by atoms with E-state index in [9.17, 15) is 18.0 Å². The van der Waals surface area contributed by atoms with Crippen molar-refractivity contribution >= 4 is 16.9 Å². The van der Waals surface area contributed by atoms with Crippen molar-refractivity contribution in [3.63, 3.8) is 0 Å². The molecule has 29 heavy (non-hydrogen) atoms. The Balaban J connectivity index is 1.31. The molecule has 2 aliphatic rings. The molecule has 1 saturated heterocycles. The van der Waals surface area contributed by atoms with Crippen LogP contribution in [0.1, 0.15) is 36.9 Å². The van der Waals surface area contributed by atoms with E-state index in [2.05, 4.69) is 4.98 Å². The largest absolute Gasteiger partial charge is 0.327 e. The summed E-state index contributed by atoms with van der Waals surface area (Å²) in [7, 11) is 0. The van der Waals surface area contributed by atoms with E-state index >= 15 is 0 Å². The van der Waals surface area contributed by atoms with Gasteiger partial charge in [-0.1, -0.05) is 0 Å². The number of amides is 1. The van der Waals surface area contributed by atoms with Crippen LogP contribution in [0.5, 0.6) is 0 Å². The molecule has 2 aromatic carbocycles. The molecule has 0 bridgehead atoms. The molecule has 0 radical (unpaired) electrons. The number of hydrogen-bond donors (Lipinski definition) is 0. The predicted molar refractivity (Wildman–Crippen MR) is 98.0 cm³/mol. The molecule has 1 aromatic heterocycles. The van der Waals surface area contributed by atoms with E-state index in [-0.39, 0.29) is 23.7 Å². The van der Waals surface area contributed by atoms with Crippen LogP contribution < -0.4 is 0 Å². The second kappa shape index (κ2) is 6.88. The zero-order valence-corrected chi connectivity index (χ0v) is 15.4. The number of fused-ring (bicyclic) bond motifs is 1. The highest BCUT2D eigenvalue weighted by atomic mass is 19.1. The van der Waals surface area contributed by atoms with E-state index in [1.165, 1.54) is 29.3 Å². The predicted octanol–water partition coefficient (Wildman–Crippen LogP) is 4.31. The SMILES string of the molecule is O=C([C@H]1C[C@@H](n2cnc3ccc(F)cc32)C1)N1OCC[C@H]1c1cc(F)cc(F)c1. The molecule has 5 rings (SSSR count).